The van der Waals surface area contributed by atoms with Gasteiger partial charge < -0.3 is 5.32 Å². The molecule has 0 aromatic carbocycles. The first kappa shape index (κ1) is 12.3. The highest BCUT2D eigenvalue weighted by Crippen LogP contribution is 2.20. The maximum atomic E-state index is 3.52. The molecule has 0 saturated carbocycles. The lowest BCUT2D eigenvalue weighted by atomic mass is 10.2. The highest BCUT2D eigenvalue weighted by molar-refractivity contribution is 8.00. The molecule has 0 bridgehead atoms. The van der Waals surface area contributed by atoms with Crippen molar-refractivity contribution >= 4 is 11.8 Å². The van der Waals surface area contributed by atoms with Crippen LogP contribution in [0.5, 0.6) is 0 Å². The summed E-state index contributed by atoms with van der Waals surface area (Å²) in [5.41, 5.74) is 0. The molecule has 1 N–H and O–H groups in total. The Hall–Kier alpha value is 0.310. The average Bonchev–Trinajstić information content (AvgIpc) is 1.98. The van der Waals surface area contributed by atoms with Crippen LogP contribution in [0.15, 0.2) is 0 Å². The van der Waals surface area contributed by atoms with Gasteiger partial charge in [0.15, 0.2) is 0 Å². The zero-order valence-electron chi connectivity index (χ0n) is 9.05. The lowest BCUT2D eigenvalue weighted by molar-refractivity contribution is 0.508. The highest BCUT2D eigenvalue weighted by atomic mass is 32.2. The van der Waals surface area contributed by atoms with Crippen molar-refractivity contribution in [1.82, 2.24) is 5.32 Å². The Kier molecular flexibility index (Phi) is 6.96. The summed E-state index contributed by atoms with van der Waals surface area (Å²) in [6.07, 6.45) is 1.23. The van der Waals surface area contributed by atoms with Crippen molar-refractivity contribution in [2.24, 2.45) is 0 Å². The van der Waals surface area contributed by atoms with Crippen LogP contribution < -0.4 is 5.32 Å². The number of nitrogens with one attached hydrogen (secondary N) is 1. The standard InChI is InChI=1S/C10H23NS/c1-6-10(11-7-2)9(5)12-8(3)4/h8-11H,6-7H2,1-5H3. The second-order valence-corrected chi connectivity index (χ2v) is 5.42. The largest absolute Gasteiger partial charge is 0.313 e. The van der Waals surface area contributed by atoms with Gasteiger partial charge in [-0.05, 0) is 18.2 Å². The minimum absolute atomic E-state index is 0.683. The summed E-state index contributed by atoms with van der Waals surface area (Å²) in [4.78, 5) is 0. The topological polar surface area (TPSA) is 12.0 Å². The number of thioether (sulfide) groups is 1. The minimum Gasteiger partial charge on any atom is -0.313 e. The Morgan fingerprint density at radius 2 is 1.75 bits per heavy atom. The summed E-state index contributed by atoms with van der Waals surface area (Å²) in [6, 6.07) is 0.683. The molecular formula is C10H23NS. The zero-order chi connectivity index (χ0) is 9.56. The Bertz CT molecular complexity index is 104. The second-order valence-electron chi connectivity index (χ2n) is 3.46. The number of hydrogen-bond acceptors (Lipinski definition) is 2. The van der Waals surface area contributed by atoms with Gasteiger partial charge in [-0.3, -0.25) is 0 Å². The monoisotopic (exact) mass is 189 g/mol. The summed E-state index contributed by atoms with van der Waals surface area (Å²) in [7, 11) is 0. The molecule has 0 saturated heterocycles. The molecule has 2 heteroatoms. The number of hydrogen-bond donors (Lipinski definition) is 1. The van der Waals surface area contributed by atoms with E-state index in [4.69, 9.17) is 0 Å². The van der Waals surface area contributed by atoms with Crippen LogP contribution in [0, 0.1) is 0 Å². The van der Waals surface area contributed by atoms with Crippen molar-refractivity contribution in [3.8, 4) is 0 Å². The molecule has 0 aliphatic rings. The SMILES string of the molecule is CCNC(CC)C(C)SC(C)C. The average molecular weight is 189 g/mol. The van der Waals surface area contributed by atoms with E-state index in [0.29, 0.717) is 6.04 Å². The van der Waals surface area contributed by atoms with E-state index >= 15 is 0 Å². The van der Waals surface area contributed by atoms with Gasteiger partial charge in [-0.15, -0.1) is 0 Å². The summed E-state index contributed by atoms with van der Waals surface area (Å²) in [5, 5.41) is 4.99. The molecule has 0 radical (unpaired) electrons. The van der Waals surface area contributed by atoms with E-state index in [1.165, 1.54) is 6.42 Å². The van der Waals surface area contributed by atoms with Crippen LogP contribution in [0.1, 0.15) is 41.0 Å². The lowest BCUT2D eigenvalue weighted by Crippen LogP contribution is -2.36. The van der Waals surface area contributed by atoms with Gasteiger partial charge in [0.1, 0.15) is 0 Å². The van der Waals surface area contributed by atoms with Crippen molar-refractivity contribution < 1.29 is 0 Å². The summed E-state index contributed by atoms with van der Waals surface area (Å²) in [5.74, 6) is 0. The second kappa shape index (κ2) is 6.79. The van der Waals surface area contributed by atoms with Gasteiger partial charge in [0.2, 0.25) is 0 Å². The highest BCUT2D eigenvalue weighted by Gasteiger charge is 2.15. The Morgan fingerprint density at radius 3 is 2.08 bits per heavy atom. The summed E-state index contributed by atoms with van der Waals surface area (Å²) >= 11 is 2.06. The fraction of sp³-hybridized carbons (Fsp3) is 1.00. The molecule has 0 rings (SSSR count). The van der Waals surface area contributed by atoms with E-state index in [9.17, 15) is 0 Å². The maximum Gasteiger partial charge on any atom is 0.0181 e. The zero-order valence-corrected chi connectivity index (χ0v) is 9.87. The predicted molar refractivity (Wildman–Crippen MR) is 59.9 cm³/mol. The Labute approximate surface area is 81.7 Å². The van der Waals surface area contributed by atoms with Crippen LogP contribution in [-0.4, -0.2) is 23.1 Å². The van der Waals surface area contributed by atoms with Crippen molar-refractivity contribution in [2.75, 3.05) is 6.54 Å². The molecule has 0 heterocycles. The van der Waals surface area contributed by atoms with E-state index in [1.807, 2.05) is 0 Å². The normalized spacial score (nSPS) is 16.5. The first-order valence-electron chi connectivity index (χ1n) is 5.00. The van der Waals surface area contributed by atoms with Crippen LogP contribution in [-0.2, 0) is 0 Å². The smallest absolute Gasteiger partial charge is 0.0181 e. The van der Waals surface area contributed by atoms with E-state index in [-0.39, 0.29) is 0 Å². The molecule has 0 aliphatic carbocycles. The van der Waals surface area contributed by atoms with E-state index in [0.717, 1.165) is 17.0 Å². The van der Waals surface area contributed by atoms with Crippen molar-refractivity contribution in [3.63, 3.8) is 0 Å². The molecular weight excluding hydrogens is 166 g/mol. The first-order valence-corrected chi connectivity index (χ1v) is 5.94. The molecule has 12 heavy (non-hydrogen) atoms. The lowest BCUT2D eigenvalue weighted by Gasteiger charge is -2.24. The molecule has 2 atom stereocenters. The Balaban J connectivity index is 3.76. The van der Waals surface area contributed by atoms with Gasteiger partial charge in [0, 0.05) is 11.3 Å². The van der Waals surface area contributed by atoms with Crippen LogP contribution in [0.4, 0.5) is 0 Å². The molecule has 74 valence electrons. The molecule has 0 aromatic heterocycles. The van der Waals surface area contributed by atoms with E-state index < -0.39 is 0 Å². The first-order chi connectivity index (χ1) is 5.61. The van der Waals surface area contributed by atoms with Crippen molar-refractivity contribution in [2.45, 2.75) is 57.6 Å². The third-order valence-electron chi connectivity index (χ3n) is 1.96. The molecule has 1 nitrogen and oxygen atoms in total. The van der Waals surface area contributed by atoms with Gasteiger partial charge >= 0.3 is 0 Å². The van der Waals surface area contributed by atoms with Crippen LogP contribution in [0.3, 0.4) is 0 Å². The van der Waals surface area contributed by atoms with E-state index in [2.05, 4.69) is 51.7 Å². The van der Waals surface area contributed by atoms with Gasteiger partial charge in [-0.25, -0.2) is 0 Å². The van der Waals surface area contributed by atoms with Crippen LogP contribution >= 0.6 is 11.8 Å². The maximum absolute atomic E-state index is 3.52. The fourth-order valence-electron chi connectivity index (χ4n) is 1.43. The van der Waals surface area contributed by atoms with Gasteiger partial charge in [0.25, 0.3) is 0 Å². The third kappa shape index (κ3) is 5.04. The summed E-state index contributed by atoms with van der Waals surface area (Å²) < 4.78 is 0. The third-order valence-corrected chi connectivity index (χ3v) is 3.26. The molecule has 0 amide bonds. The fourth-order valence-corrected chi connectivity index (χ4v) is 2.77. The molecule has 0 aliphatic heterocycles. The molecule has 0 aromatic rings. The van der Waals surface area contributed by atoms with Gasteiger partial charge in [-0.1, -0.05) is 34.6 Å². The summed E-state index contributed by atoms with van der Waals surface area (Å²) in [6.45, 7) is 12.4. The van der Waals surface area contributed by atoms with Crippen LogP contribution in [0.25, 0.3) is 0 Å². The van der Waals surface area contributed by atoms with Crippen molar-refractivity contribution in [1.29, 1.82) is 0 Å². The molecule has 2 unspecified atom stereocenters. The van der Waals surface area contributed by atoms with Crippen molar-refractivity contribution in [3.05, 3.63) is 0 Å². The van der Waals surface area contributed by atoms with E-state index in [1.54, 1.807) is 0 Å². The van der Waals surface area contributed by atoms with Crippen LogP contribution in [0.2, 0.25) is 0 Å². The predicted octanol–water partition coefficient (Wildman–Crippen LogP) is 2.90. The molecule has 0 fully saturated rings. The Morgan fingerprint density at radius 1 is 1.17 bits per heavy atom. The number of rotatable bonds is 6. The quantitative estimate of drug-likeness (QED) is 0.689. The van der Waals surface area contributed by atoms with Gasteiger partial charge in [-0.2, -0.15) is 11.8 Å². The van der Waals surface area contributed by atoms with Gasteiger partial charge in [0.05, 0.1) is 0 Å². The minimum atomic E-state index is 0.683. The molecule has 0 spiro atoms.